The molecule has 0 unspecified atom stereocenters. The van der Waals surface area contributed by atoms with Crippen LogP contribution >= 0.6 is 0 Å². The molecule has 0 aliphatic heterocycles. The molecular weight excluding hydrogens is 382 g/mol. The first-order valence-electron chi connectivity index (χ1n) is 8.38. The Morgan fingerprint density at radius 1 is 1.07 bits per heavy atom. The minimum atomic E-state index is -0.794. The first-order chi connectivity index (χ1) is 13.9. The van der Waals surface area contributed by atoms with Crippen molar-refractivity contribution in [1.29, 1.82) is 0 Å². The van der Waals surface area contributed by atoms with Crippen molar-refractivity contribution >= 4 is 23.0 Å². The minimum Gasteiger partial charge on any atom is -0.492 e. The van der Waals surface area contributed by atoms with E-state index in [4.69, 9.17) is 4.74 Å². The summed E-state index contributed by atoms with van der Waals surface area (Å²) in [6, 6.07) is 11.1. The number of ether oxygens (including phenoxy) is 1. The van der Waals surface area contributed by atoms with Crippen LogP contribution in [0.2, 0.25) is 0 Å². The number of nitrogens with zero attached hydrogens (tertiary/aromatic N) is 4. The predicted molar refractivity (Wildman–Crippen MR) is 102 cm³/mol. The molecule has 1 amide bonds. The van der Waals surface area contributed by atoms with Crippen LogP contribution in [-0.4, -0.2) is 32.1 Å². The van der Waals surface area contributed by atoms with E-state index in [0.717, 1.165) is 18.2 Å². The molecular formula is C18H15N5O6. The summed E-state index contributed by atoms with van der Waals surface area (Å²) in [4.78, 5) is 32.8. The van der Waals surface area contributed by atoms with Gasteiger partial charge in [0.05, 0.1) is 28.0 Å². The summed E-state index contributed by atoms with van der Waals surface area (Å²) in [6.45, 7) is 0.900. The summed E-state index contributed by atoms with van der Waals surface area (Å²) in [5.41, 5.74) is -0.906. The molecule has 0 radical (unpaired) electrons. The Labute approximate surface area is 163 Å². The largest absolute Gasteiger partial charge is 0.492 e. The molecule has 0 saturated heterocycles. The number of rotatable bonds is 8. The van der Waals surface area contributed by atoms with E-state index in [1.165, 1.54) is 0 Å². The Bertz CT molecular complexity index is 1020. The number of amides is 1. The first kappa shape index (κ1) is 19.5. The molecule has 29 heavy (non-hydrogen) atoms. The highest BCUT2D eigenvalue weighted by Gasteiger charge is 2.20. The number of anilines is 1. The molecule has 1 aromatic heterocycles. The lowest BCUT2D eigenvalue weighted by Gasteiger charge is -2.09. The molecule has 0 atom stereocenters. The maximum Gasteiger partial charge on any atom is 0.277 e. The van der Waals surface area contributed by atoms with Crippen LogP contribution in [0.15, 0.2) is 60.9 Å². The van der Waals surface area contributed by atoms with Gasteiger partial charge < -0.3 is 10.1 Å². The van der Waals surface area contributed by atoms with E-state index < -0.39 is 27.1 Å². The highest BCUT2D eigenvalue weighted by atomic mass is 16.6. The van der Waals surface area contributed by atoms with Gasteiger partial charge in [0.15, 0.2) is 0 Å². The SMILES string of the molecule is O=C(Nc1cccc(OCCn2cccn2)c1)c1cc([N+](=O)[O-])cc([N+](=O)[O-])c1. The number of non-ortho nitro benzene ring substituents is 2. The van der Waals surface area contributed by atoms with Crippen molar-refractivity contribution in [2.75, 3.05) is 11.9 Å². The Balaban J connectivity index is 1.70. The lowest BCUT2D eigenvalue weighted by molar-refractivity contribution is -0.394. The summed E-state index contributed by atoms with van der Waals surface area (Å²) in [6.07, 6.45) is 3.46. The van der Waals surface area contributed by atoms with E-state index in [0.29, 0.717) is 24.6 Å². The number of nitro benzene ring substituents is 2. The van der Waals surface area contributed by atoms with Crippen LogP contribution in [0.4, 0.5) is 17.1 Å². The van der Waals surface area contributed by atoms with Crippen LogP contribution in [0.25, 0.3) is 0 Å². The average Bonchev–Trinajstić information content (AvgIpc) is 3.21. The molecule has 3 rings (SSSR count). The van der Waals surface area contributed by atoms with Crippen molar-refractivity contribution in [2.24, 2.45) is 0 Å². The molecule has 1 N–H and O–H groups in total. The van der Waals surface area contributed by atoms with Crippen LogP contribution < -0.4 is 10.1 Å². The fourth-order valence-electron chi connectivity index (χ4n) is 2.49. The Kier molecular flexibility index (Phi) is 5.78. The van der Waals surface area contributed by atoms with Crippen molar-refractivity contribution in [3.8, 4) is 5.75 Å². The fraction of sp³-hybridized carbons (Fsp3) is 0.111. The summed E-state index contributed by atoms with van der Waals surface area (Å²) in [5.74, 6) is -0.217. The van der Waals surface area contributed by atoms with Crippen molar-refractivity contribution < 1.29 is 19.4 Å². The van der Waals surface area contributed by atoms with Gasteiger partial charge in [0.2, 0.25) is 0 Å². The third-order valence-corrected chi connectivity index (χ3v) is 3.83. The van der Waals surface area contributed by atoms with Gasteiger partial charge in [0.1, 0.15) is 12.4 Å². The van der Waals surface area contributed by atoms with Gasteiger partial charge in [-0.05, 0) is 18.2 Å². The van der Waals surface area contributed by atoms with E-state index in [9.17, 15) is 25.0 Å². The molecule has 11 nitrogen and oxygen atoms in total. The van der Waals surface area contributed by atoms with Gasteiger partial charge in [0, 0.05) is 36.3 Å². The van der Waals surface area contributed by atoms with Crippen LogP contribution in [-0.2, 0) is 6.54 Å². The normalized spacial score (nSPS) is 10.3. The standard InChI is InChI=1S/C18H15N5O6/c24-18(13-9-15(22(25)26)12-16(10-13)23(27)28)20-14-3-1-4-17(11-14)29-8-7-21-6-2-5-19-21/h1-6,9-12H,7-8H2,(H,20,24). The van der Waals surface area contributed by atoms with Crippen molar-refractivity contribution in [2.45, 2.75) is 6.54 Å². The van der Waals surface area contributed by atoms with Gasteiger partial charge in [-0.15, -0.1) is 0 Å². The fourth-order valence-corrected chi connectivity index (χ4v) is 2.49. The molecule has 148 valence electrons. The second kappa shape index (κ2) is 8.61. The van der Waals surface area contributed by atoms with Gasteiger partial charge in [-0.1, -0.05) is 6.07 Å². The first-order valence-corrected chi connectivity index (χ1v) is 8.38. The predicted octanol–water partition coefficient (Wildman–Crippen LogP) is 3.03. The maximum atomic E-state index is 12.4. The Hall–Kier alpha value is -4.28. The zero-order valence-corrected chi connectivity index (χ0v) is 14.9. The second-order valence-electron chi connectivity index (χ2n) is 5.85. The van der Waals surface area contributed by atoms with Gasteiger partial charge in [-0.2, -0.15) is 5.10 Å². The van der Waals surface area contributed by atoms with Crippen molar-refractivity contribution in [3.05, 3.63) is 86.7 Å². The summed E-state index contributed by atoms with van der Waals surface area (Å²) < 4.78 is 7.33. The topological polar surface area (TPSA) is 142 Å². The van der Waals surface area contributed by atoms with E-state index in [1.807, 2.05) is 0 Å². The molecule has 1 heterocycles. The van der Waals surface area contributed by atoms with E-state index in [2.05, 4.69) is 10.4 Å². The number of carbonyl (C=O) groups excluding carboxylic acids is 1. The van der Waals surface area contributed by atoms with Crippen molar-refractivity contribution in [3.63, 3.8) is 0 Å². The van der Waals surface area contributed by atoms with Gasteiger partial charge in [-0.25, -0.2) is 0 Å². The Morgan fingerprint density at radius 3 is 2.41 bits per heavy atom. The monoisotopic (exact) mass is 397 g/mol. The zero-order chi connectivity index (χ0) is 20.8. The lowest BCUT2D eigenvalue weighted by Crippen LogP contribution is -2.13. The molecule has 0 spiro atoms. The number of nitrogens with one attached hydrogen (secondary N) is 1. The van der Waals surface area contributed by atoms with Crippen LogP contribution in [0, 0.1) is 20.2 Å². The Morgan fingerprint density at radius 2 is 1.79 bits per heavy atom. The van der Waals surface area contributed by atoms with Gasteiger partial charge >= 0.3 is 0 Å². The highest BCUT2D eigenvalue weighted by Crippen LogP contribution is 2.24. The van der Waals surface area contributed by atoms with Crippen LogP contribution in [0.5, 0.6) is 5.75 Å². The summed E-state index contributed by atoms with van der Waals surface area (Å²) >= 11 is 0. The second-order valence-corrected chi connectivity index (χ2v) is 5.85. The smallest absolute Gasteiger partial charge is 0.277 e. The number of nitro groups is 2. The highest BCUT2D eigenvalue weighted by molar-refractivity contribution is 6.05. The minimum absolute atomic E-state index is 0.198. The third-order valence-electron chi connectivity index (χ3n) is 3.83. The van der Waals surface area contributed by atoms with Crippen molar-refractivity contribution in [1.82, 2.24) is 9.78 Å². The van der Waals surface area contributed by atoms with Crippen LogP contribution in [0.1, 0.15) is 10.4 Å². The van der Waals surface area contributed by atoms with Gasteiger partial charge in [0.25, 0.3) is 17.3 Å². The number of carbonyl (C=O) groups is 1. The van der Waals surface area contributed by atoms with Crippen LogP contribution in [0.3, 0.4) is 0 Å². The van der Waals surface area contributed by atoms with E-state index in [-0.39, 0.29) is 5.56 Å². The van der Waals surface area contributed by atoms with Gasteiger partial charge in [-0.3, -0.25) is 29.7 Å². The maximum absolute atomic E-state index is 12.4. The average molecular weight is 397 g/mol. The number of hydrogen-bond acceptors (Lipinski definition) is 7. The zero-order valence-electron chi connectivity index (χ0n) is 14.9. The molecule has 3 aromatic rings. The molecule has 0 fully saturated rings. The number of aromatic nitrogens is 2. The summed E-state index contributed by atoms with van der Waals surface area (Å²) in [5, 5.41) is 28.5. The summed E-state index contributed by atoms with van der Waals surface area (Å²) in [7, 11) is 0. The molecule has 0 saturated carbocycles. The molecule has 11 heteroatoms. The number of hydrogen-bond donors (Lipinski definition) is 1. The number of benzene rings is 2. The van der Waals surface area contributed by atoms with E-state index in [1.54, 1.807) is 47.4 Å². The molecule has 2 aromatic carbocycles. The lowest BCUT2D eigenvalue weighted by atomic mass is 10.1. The quantitative estimate of drug-likeness (QED) is 0.454. The van der Waals surface area contributed by atoms with E-state index >= 15 is 0 Å². The molecule has 0 aliphatic carbocycles. The third kappa shape index (κ3) is 5.13. The molecule has 0 aliphatic rings. The molecule has 0 bridgehead atoms.